The smallest absolute Gasteiger partial charge is 0.196 e. The lowest BCUT2D eigenvalue weighted by Crippen LogP contribution is -2.36. The molecule has 136 valence electrons. The Bertz CT molecular complexity index is 1040. The third kappa shape index (κ3) is 2.63. The molecule has 0 saturated heterocycles. The van der Waals surface area contributed by atoms with Crippen molar-refractivity contribution in [1.29, 1.82) is 0 Å². The lowest BCUT2D eigenvalue weighted by atomic mass is 9.75. The van der Waals surface area contributed by atoms with E-state index >= 15 is 0 Å². The van der Waals surface area contributed by atoms with Crippen LogP contribution in [0.3, 0.4) is 0 Å². The molecule has 0 amide bonds. The summed E-state index contributed by atoms with van der Waals surface area (Å²) in [4.78, 5) is 16.9. The molecule has 0 saturated carbocycles. The molecule has 1 atom stereocenters. The van der Waals surface area contributed by atoms with Crippen molar-refractivity contribution in [2.75, 3.05) is 12.3 Å². The van der Waals surface area contributed by atoms with Crippen molar-refractivity contribution in [2.24, 2.45) is 0 Å². The number of carbonyl (C=O) groups is 1. The van der Waals surface area contributed by atoms with Crippen molar-refractivity contribution in [3.8, 4) is 0 Å². The van der Waals surface area contributed by atoms with E-state index in [1.807, 2.05) is 6.07 Å². The van der Waals surface area contributed by atoms with Gasteiger partial charge in [-0.05, 0) is 28.7 Å². The van der Waals surface area contributed by atoms with E-state index in [4.69, 9.17) is 5.73 Å². The van der Waals surface area contributed by atoms with E-state index in [1.165, 1.54) is 27.1 Å². The highest BCUT2D eigenvalue weighted by molar-refractivity contribution is 7.16. The molecule has 1 unspecified atom stereocenters. The number of rotatable bonds is 3. The fourth-order valence-corrected chi connectivity index (χ4v) is 5.70. The molecular formula is C23H22N2OS. The highest BCUT2D eigenvalue weighted by Crippen LogP contribution is 2.48. The SMILES string of the molecule is CCc1ccc2c(c1)C1CN(Cc3ccccc3)Cc3sc(N)c(c31)C2=O. The number of anilines is 1. The normalized spacial score (nSPS) is 18.3. The van der Waals surface area contributed by atoms with E-state index < -0.39 is 0 Å². The van der Waals surface area contributed by atoms with E-state index in [0.29, 0.717) is 5.00 Å². The van der Waals surface area contributed by atoms with Crippen LogP contribution in [0.25, 0.3) is 0 Å². The van der Waals surface area contributed by atoms with Crippen LogP contribution in [-0.2, 0) is 19.5 Å². The second-order valence-corrected chi connectivity index (χ2v) is 8.63. The number of benzene rings is 2. The van der Waals surface area contributed by atoms with E-state index in [1.54, 1.807) is 11.3 Å². The van der Waals surface area contributed by atoms with Gasteiger partial charge in [-0.15, -0.1) is 11.3 Å². The zero-order chi connectivity index (χ0) is 18.5. The monoisotopic (exact) mass is 374 g/mol. The average Bonchev–Trinajstić information content (AvgIpc) is 3.02. The van der Waals surface area contributed by atoms with Crippen LogP contribution >= 0.6 is 11.3 Å². The first-order valence-corrected chi connectivity index (χ1v) is 10.3. The molecule has 0 bridgehead atoms. The van der Waals surface area contributed by atoms with Crippen LogP contribution in [0.5, 0.6) is 0 Å². The van der Waals surface area contributed by atoms with Gasteiger partial charge in [0.15, 0.2) is 5.78 Å². The Balaban J connectivity index is 1.60. The fraction of sp³-hybridized carbons (Fsp3) is 0.261. The Kier molecular flexibility index (Phi) is 3.92. The Morgan fingerprint density at radius 2 is 1.96 bits per heavy atom. The minimum atomic E-state index is 0.107. The number of hydrogen-bond acceptors (Lipinski definition) is 4. The van der Waals surface area contributed by atoms with Crippen molar-refractivity contribution in [3.05, 3.63) is 86.8 Å². The molecule has 0 spiro atoms. The molecule has 0 radical (unpaired) electrons. The summed E-state index contributed by atoms with van der Waals surface area (Å²) in [7, 11) is 0. The molecule has 5 rings (SSSR count). The Hall–Kier alpha value is -2.43. The summed E-state index contributed by atoms with van der Waals surface area (Å²) in [5, 5.41) is 0.682. The van der Waals surface area contributed by atoms with Gasteiger partial charge in [0.1, 0.15) is 0 Å². The minimum absolute atomic E-state index is 0.107. The standard InChI is InChI=1S/C23H22N2OS/c1-2-14-8-9-16-17(10-14)18-12-25(11-15-6-4-3-5-7-15)13-19-20(18)21(22(16)26)23(24)27-19/h3-10,18H,2,11-13,24H2,1H3. The van der Waals surface area contributed by atoms with Gasteiger partial charge in [-0.25, -0.2) is 0 Å². The van der Waals surface area contributed by atoms with Crippen LogP contribution in [0.15, 0.2) is 48.5 Å². The van der Waals surface area contributed by atoms with Gasteiger partial charge in [0.05, 0.1) is 10.6 Å². The van der Waals surface area contributed by atoms with Gasteiger partial charge >= 0.3 is 0 Å². The van der Waals surface area contributed by atoms with E-state index in [9.17, 15) is 4.79 Å². The Morgan fingerprint density at radius 1 is 1.15 bits per heavy atom. The van der Waals surface area contributed by atoms with Crippen molar-refractivity contribution < 1.29 is 4.79 Å². The third-order valence-corrected chi connectivity index (χ3v) is 6.85. The number of nitrogen functional groups attached to an aromatic ring is 1. The quantitative estimate of drug-likeness (QED) is 0.730. The number of nitrogens with two attached hydrogens (primary N) is 1. The van der Waals surface area contributed by atoms with E-state index in [0.717, 1.165) is 37.2 Å². The number of thiophene rings is 1. The molecule has 4 heteroatoms. The molecule has 2 aromatic carbocycles. The van der Waals surface area contributed by atoms with Gasteiger partial charge in [0.25, 0.3) is 0 Å². The molecule has 1 aliphatic carbocycles. The summed E-state index contributed by atoms with van der Waals surface area (Å²) in [5.74, 6) is 0.343. The van der Waals surface area contributed by atoms with Crippen molar-refractivity contribution >= 4 is 22.1 Å². The summed E-state index contributed by atoms with van der Waals surface area (Å²) >= 11 is 1.60. The molecule has 1 aliphatic heterocycles. The fourth-order valence-electron chi connectivity index (χ4n) is 4.53. The number of carbonyl (C=O) groups excluding carboxylic acids is 1. The zero-order valence-corrected chi connectivity index (χ0v) is 16.2. The van der Waals surface area contributed by atoms with Crippen LogP contribution in [-0.4, -0.2) is 17.2 Å². The van der Waals surface area contributed by atoms with Crippen molar-refractivity contribution in [3.63, 3.8) is 0 Å². The molecule has 27 heavy (non-hydrogen) atoms. The average molecular weight is 375 g/mol. The van der Waals surface area contributed by atoms with Gasteiger partial charge in [0, 0.05) is 36.0 Å². The lowest BCUT2D eigenvalue weighted by Gasteiger charge is -2.36. The highest BCUT2D eigenvalue weighted by atomic mass is 32.1. The highest BCUT2D eigenvalue weighted by Gasteiger charge is 2.40. The first kappa shape index (κ1) is 16.7. The van der Waals surface area contributed by atoms with Gasteiger partial charge in [-0.3, -0.25) is 9.69 Å². The molecule has 3 nitrogen and oxygen atoms in total. The first-order valence-electron chi connectivity index (χ1n) is 9.50. The maximum atomic E-state index is 13.1. The third-order valence-electron chi connectivity index (χ3n) is 5.83. The minimum Gasteiger partial charge on any atom is -0.390 e. The van der Waals surface area contributed by atoms with Crippen molar-refractivity contribution in [2.45, 2.75) is 32.4 Å². The van der Waals surface area contributed by atoms with Crippen LogP contribution in [0, 0.1) is 0 Å². The first-order chi connectivity index (χ1) is 13.2. The van der Waals surface area contributed by atoms with Crippen LogP contribution in [0.1, 0.15) is 55.9 Å². The number of hydrogen-bond donors (Lipinski definition) is 1. The molecule has 3 aromatic rings. The molecule has 2 heterocycles. The molecule has 0 fully saturated rings. The second-order valence-electron chi connectivity index (χ2n) is 7.49. The maximum Gasteiger partial charge on any atom is 0.196 e. The summed E-state index contributed by atoms with van der Waals surface area (Å²) in [5.41, 5.74) is 12.9. The molecule has 2 N–H and O–H groups in total. The topological polar surface area (TPSA) is 46.3 Å². The van der Waals surface area contributed by atoms with Gasteiger partial charge in [-0.1, -0.05) is 55.5 Å². The summed E-state index contributed by atoms with van der Waals surface area (Å²) in [6.45, 7) is 4.87. The molecular weight excluding hydrogens is 352 g/mol. The van der Waals surface area contributed by atoms with Crippen LogP contribution < -0.4 is 5.73 Å². The predicted octanol–water partition coefficient (Wildman–Crippen LogP) is 4.58. The van der Waals surface area contributed by atoms with Crippen molar-refractivity contribution in [1.82, 2.24) is 4.90 Å². The number of aryl methyl sites for hydroxylation is 1. The Labute approximate surface area is 163 Å². The predicted molar refractivity (Wildman–Crippen MR) is 110 cm³/mol. The Morgan fingerprint density at radius 3 is 2.74 bits per heavy atom. The van der Waals surface area contributed by atoms with E-state index in [2.05, 4.69) is 54.3 Å². The largest absolute Gasteiger partial charge is 0.390 e. The number of nitrogens with zero attached hydrogens (tertiary/aromatic N) is 1. The summed E-state index contributed by atoms with van der Waals surface area (Å²) in [6.07, 6.45) is 0.980. The van der Waals surface area contributed by atoms with E-state index in [-0.39, 0.29) is 11.7 Å². The second kappa shape index (κ2) is 6.32. The maximum absolute atomic E-state index is 13.1. The van der Waals surface area contributed by atoms with Gasteiger partial charge in [0.2, 0.25) is 0 Å². The van der Waals surface area contributed by atoms with Gasteiger partial charge < -0.3 is 5.73 Å². The molecule has 2 aliphatic rings. The van der Waals surface area contributed by atoms with Crippen LogP contribution in [0.2, 0.25) is 0 Å². The number of fused-ring (bicyclic) bond motifs is 2. The zero-order valence-electron chi connectivity index (χ0n) is 15.4. The summed E-state index contributed by atoms with van der Waals surface area (Å²) in [6, 6.07) is 16.9. The lowest BCUT2D eigenvalue weighted by molar-refractivity contribution is 0.103. The molecule has 1 aromatic heterocycles. The summed E-state index contributed by atoms with van der Waals surface area (Å²) < 4.78 is 0. The van der Waals surface area contributed by atoms with Crippen LogP contribution in [0.4, 0.5) is 5.00 Å². The number of ketones is 1. The van der Waals surface area contributed by atoms with Gasteiger partial charge in [-0.2, -0.15) is 0 Å².